The Balaban J connectivity index is 2.01. The smallest absolute Gasteiger partial charge is 0.125 e. The Kier molecular flexibility index (Phi) is 3.64. The normalized spacial score (nSPS) is 22.9. The average molecular weight is 237 g/mol. The molecule has 0 spiro atoms. The lowest BCUT2D eigenvalue weighted by atomic mass is 10.1. The van der Waals surface area contributed by atoms with Gasteiger partial charge in [0, 0.05) is 37.9 Å². The number of hydrogen-bond donors (Lipinski definition) is 1. The molecule has 1 atom stereocenters. The van der Waals surface area contributed by atoms with Crippen LogP contribution in [0.5, 0.6) is 0 Å². The van der Waals surface area contributed by atoms with Crippen LogP contribution < -0.4 is 5.73 Å². The van der Waals surface area contributed by atoms with Crippen molar-refractivity contribution in [1.82, 2.24) is 9.80 Å². The van der Waals surface area contributed by atoms with Gasteiger partial charge in [-0.2, -0.15) is 0 Å². The zero-order valence-corrected chi connectivity index (χ0v) is 10.5. The predicted molar refractivity (Wildman–Crippen MR) is 68.2 cm³/mol. The molecule has 2 N–H and O–H groups in total. The fraction of sp³-hybridized carbons (Fsp3) is 0.538. The van der Waals surface area contributed by atoms with E-state index in [1.807, 2.05) is 6.07 Å². The maximum Gasteiger partial charge on any atom is 0.125 e. The summed E-state index contributed by atoms with van der Waals surface area (Å²) < 4.78 is 13.2. The fourth-order valence-corrected chi connectivity index (χ4v) is 2.29. The summed E-state index contributed by atoms with van der Waals surface area (Å²) in [5.74, 6) is -0.248. The number of nitrogens with two attached hydrogens (primary N) is 1. The minimum absolute atomic E-state index is 0.248. The summed E-state index contributed by atoms with van der Waals surface area (Å²) in [6, 6.07) is 5.33. The molecule has 1 aromatic rings. The van der Waals surface area contributed by atoms with Crippen molar-refractivity contribution in [2.24, 2.45) is 0 Å². The van der Waals surface area contributed by atoms with Crippen LogP contribution >= 0.6 is 0 Å². The van der Waals surface area contributed by atoms with E-state index in [1.165, 1.54) is 6.07 Å². The van der Waals surface area contributed by atoms with Gasteiger partial charge in [-0.1, -0.05) is 0 Å². The van der Waals surface area contributed by atoms with Gasteiger partial charge in [-0.15, -0.1) is 0 Å². The van der Waals surface area contributed by atoms with E-state index in [0.29, 0.717) is 11.7 Å². The third-order valence-corrected chi connectivity index (χ3v) is 3.43. The molecule has 3 nitrogen and oxygen atoms in total. The zero-order valence-electron chi connectivity index (χ0n) is 10.5. The number of rotatable bonds is 2. The zero-order chi connectivity index (χ0) is 12.4. The second-order valence-corrected chi connectivity index (χ2v) is 4.96. The highest BCUT2D eigenvalue weighted by molar-refractivity contribution is 5.41. The molecule has 1 heterocycles. The first-order valence-electron chi connectivity index (χ1n) is 6.02. The van der Waals surface area contributed by atoms with Gasteiger partial charge in [-0.3, -0.25) is 4.90 Å². The molecule has 4 heteroatoms. The SMILES string of the molecule is CC1CN(Cc2cc(N)cc(F)c2)CCN1C. The number of nitrogen functional groups attached to an aromatic ring is 1. The Bertz CT molecular complexity index is 374. The Hall–Kier alpha value is -1.13. The summed E-state index contributed by atoms with van der Waals surface area (Å²) in [4.78, 5) is 4.69. The first kappa shape index (κ1) is 12.3. The molecule has 1 saturated heterocycles. The van der Waals surface area contributed by atoms with Crippen LogP contribution in [0.25, 0.3) is 0 Å². The van der Waals surface area contributed by atoms with Crippen LogP contribution in [0.15, 0.2) is 18.2 Å². The summed E-state index contributed by atoms with van der Waals surface area (Å²) >= 11 is 0. The molecular formula is C13H20FN3. The molecule has 1 aliphatic heterocycles. The Morgan fingerprint density at radius 1 is 1.35 bits per heavy atom. The number of piperazine rings is 1. The molecule has 0 radical (unpaired) electrons. The molecule has 17 heavy (non-hydrogen) atoms. The number of anilines is 1. The highest BCUT2D eigenvalue weighted by Crippen LogP contribution is 2.15. The molecular weight excluding hydrogens is 217 g/mol. The number of benzene rings is 1. The van der Waals surface area contributed by atoms with Crippen molar-refractivity contribution in [1.29, 1.82) is 0 Å². The van der Waals surface area contributed by atoms with Crippen LogP contribution in [0.3, 0.4) is 0 Å². The van der Waals surface area contributed by atoms with Crippen molar-refractivity contribution in [3.63, 3.8) is 0 Å². The van der Waals surface area contributed by atoms with Crippen molar-refractivity contribution in [2.45, 2.75) is 19.5 Å². The molecule has 0 aliphatic carbocycles. The van der Waals surface area contributed by atoms with E-state index in [2.05, 4.69) is 23.8 Å². The summed E-state index contributed by atoms with van der Waals surface area (Å²) in [7, 11) is 2.14. The molecule has 1 fully saturated rings. The summed E-state index contributed by atoms with van der Waals surface area (Å²) in [5, 5.41) is 0. The van der Waals surface area contributed by atoms with Crippen molar-refractivity contribution in [2.75, 3.05) is 32.4 Å². The quantitative estimate of drug-likeness (QED) is 0.792. The fourth-order valence-electron chi connectivity index (χ4n) is 2.29. The lowest BCUT2D eigenvalue weighted by molar-refractivity contribution is 0.0999. The lowest BCUT2D eigenvalue weighted by Crippen LogP contribution is -2.49. The Morgan fingerprint density at radius 3 is 2.76 bits per heavy atom. The van der Waals surface area contributed by atoms with Gasteiger partial charge in [0.1, 0.15) is 5.82 Å². The number of likely N-dealkylation sites (N-methyl/N-ethyl adjacent to an activating group) is 1. The molecule has 1 aliphatic rings. The Morgan fingerprint density at radius 2 is 2.12 bits per heavy atom. The molecule has 94 valence electrons. The van der Waals surface area contributed by atoms with Gasteiger partial charge in [0.2, 0.25) is 0 Å². The van der Waals surface area contributed by atoms with Gasteiger partial charge in [0.05, 0.1) is 0 Å². The summed E-state index contributed by atoms with van der Waals surface area (Å²) in [6.45, 7) is 6.10. The molecule has 0 bridgehead atoms. The highest BCUT2D eigenvalue weighted by atomic mass is 19.1. The maximum atomic E-state index is 13.2. The topological polar surface area (TPSA) is 32.5 Å². The molecule has 2 rings (SSSR count). The van der Waals surface area contributed by atoms with Gasteiger partial charge in [0.15, 0.2) is 0 Å². The van der Waals surface area contributed by atoms with Gasteiger partial charge >= 0.3 is 0 Å². The second-order valence-electron chi connectivity index (χ2n) is 4.96. The Labute approximate surface area is 102 Å². The van der Waals surface area contributed by atoms with Crippen molar-refractivity contribution in [3.05, 3.63) is 29.6 Å². The van der Waals surface area contributed by atoms with E-state index in [9.17, 15) is 4.39 Å². The number of halogens is 1. The monoisotopic (exact) mass is 237 g/mol. The van der Waals surface area contributed by atoms with Gasteiger partial charge in [-0.05, 0) is 37.7 Å². The molecule has 1 unspecified atom stereocenters. The van der Waals surface area contributed by atoms with Crippen LogP contribution in [0, 0.1) is 5.82 Å². The van der Waals surface area contributed by atoms with Gasteiger partial charge in [0.25, 0.3) is 0 Å². The van der Waals surface area contributed by atoms with Crippen molar-refractivity contribution in [3.8, 4) is 0 Å². The van der Waals surface area contributed by atoms with Crippen LogP contribution in [0.1, 0.15) is 12.5 Å². The van der Waals surface area contributed by atoms with E-state index >= 15 is 0 Å². The lowest BCUT2D eigenvalue weighted by Gasteiger charge is -2.37. The van der Waals surface area contributed by atoms with Crippen LogP contribution in [-0.2, 0) is 6.54 Å². The van der Waals surface area contributed by atoms with E-state index in [1.54, 1.807) is 6.07 Å². The van der Waals surface area contributed by atoms with Gasteiger partial charge < -0.3 is 10.6 Å². The van der Waals surface area contributed by atoms with Crippen LogP contribution in [0.2, 0.25) is 0 Å². The highest BCUT2D eigenvalue weighted by Gasteiger charge is 2.20. The van der Waals surface area contributed by atoms with Crippen molar-refractivity contribution < 1.29 is 4.39 Å². The minimum atomic E-state index is -0.248. The molecule has 0 saturated carbocycles. The summed E-state index contributed by atoms with van der Waals surface area (Å²) in [6.07, 6.45) is 0. The first-order valence-corrected chi connectivity index (χ1v) is 6.02. The van der Waals surface area contributed by atoms with E-state index in [-0.39, 0.29) is 5.82 Å². The van der Waals surface area contributed by atoms with Crippen LogP contribution in [-0.4, -0.2) is 42.5 Å². The number of nitrogens with zero attached hydrogens (tertiary/aromatic N) is 2. The van der Waals surface area contributed by atoms with E-state index in [0.717, 1.165) is 31.7 Å². The third kappa shape index (κ3) is 3.17. The minimum Gasteiger partial charge on any atom is -0.399 e. The maximum absolute atomic E-state index is 13.2. The van der Waals surface area contributed by atoms with Crippen LogP contribution in [0.4, 0.5) is 10.1 Å². The standard InChI is InChI=1S/C13H20FN3/c1-10-8-17(4-3-16(10)2)9-11-5-12(14)7-13(15)6-11/h5-7,10H,3-4,8-9,15H2,1-2H3. The number of hydrogen-bond acceptors (Lipinski definition) is 3. The average Bonchev–Trinajstić information content (AvgIpc) is 2.22. The molecule has 1 aromatic carbocycles. The largest absolute Gasteiger partial charge is 0.399 e. The van der Waals surface area contributed by atoms with E-state index < -0.39 is 0 Å². The second kappa shape index (κ2) is 5.02. The van der Waals surface area contributed by atoms with E-state index in [4.69, 9.17) is 5.73 Å². The molecule has 0 amide bonds. The molecule has 0 aromatic heterocycles. The van der Waals surface area contributed by atoms with Crippen molar-refractivity contribution >= 4 is 5.69 Å². The summed E-state index contributed by atoms with van der Waals surface area (Å²) in [5.41, 5.74) is 7.11. The van der Waals surface area contributed by atoms with Gasteiger partial charge in [-0.25, -0.2) is 4.39 Å². The first-order chi connectivity index (χ1) is 8.04. The predicted octanol–water partition coefficient (Wildman–Crippen LogP) is 1.54. The third-order valence-electron chi connectivity index (χ3n) is 3.43.